The number of ether oxygens (including phenoxy) is 1. The van der Waals surface area contributed by atoms with Crippen LogP contribution in [0.3, 0.4) is 0 Å². The van der Waals surface area contributed by atoms with Gasteiger partial charge in [-0.05, 0) is 23.8 Å². The largest absolute Gasteiger partial charge is 0.504 e. The van der Waals surface area contributed by atoms with Gasteiger partial charge in [0, 0.05) is 5.92 Å². The summed E-state index contributed by atoms with van der Waals surface area (Å²) in [4.78, 5) is 4.08. The molecule has 1 aromatic carbocycles. The summed E-state index contributed by atoms with van der Waals surface area (Å²) in [6.07, 6.45) is 1.51. The normalized spacial score (nSPS) is 10.9. The number of oxazole rings is 1. The molecule has 0 aliphatic carbocycles. The average Bonchev–Trinajstić information content (AvgIpc) is 2.92. The first-order valence-electron chi connectivity index (χ1n) is 6.62. The summed E-state index contributed by atoms with van der Waals surface area (Å²) in [5.74, 6) is 1.15. The number of phenols is 1. The first-order valence-corrected chi connectivity index (χ1v) is 6.62. The second-order valence-electron chi connectivity index (χ2n) is 4.80. The lowest BCUT2D eigenvalue weighted by atomic mass is 10.2. The van der Waals surface area contributed by atoms with Gasteiger partial charge in [0.15, 0.2) is 11.5 Å². The number of hydrazone groups is 1. The fraction of sp³-hybridized carbons (Fsp3) is 0.267. The van der Waals surface area contributed by atoms with Crippen molar-refractivity contribution in [3.05, 3.63) is 35.3 Å². The van der Waals surface area contributed by atoms with Crippen LogP contribution < -0.4 is 10.2 Å². The number of phenolic OH excluding ortho intramolecular Hbond substituents is 1. The maximum absolute atomic E-state index is 9.52. The van der Waals surface area contributed by atoms with Crippen LogP contribution in [-0.4, -0.2) is 23.4 Å². The van der Waals surface area contributed by atoms with Crippen LogP contribution in [0.25, 0.3) is 0 Å². The molecule has 0 radical (unpaired) electrons. The van der Waals surface area contributed by atoms with E-state index in [1.54, 1.807) is 12.1 Å². The van der Waals surface area contributed by atoms with E-state index in [-0.39, 0.29) is 23.2 Å². The molecule has 1 heterocycles. The van der Waals surface area contributed by atoms with Crippen molar-refractivity contribution in [1.29, 1.82) is 5.26 Å². The number of nitriles is 1. The Hall–Kier alpha value is -3.01. The zero-order chi connectivity index (χ0) is 16.1. The van der Waals surface area contributed by atoms with Crippen molar-refractivity contribution < 1.29 is 14.3 Å². The maximum Gasteiger partial charge on any atom is 0.252 e. The zero-order valence-electron chi connectivity index (χ0n) is 12.5. The van der Waals surface area contributed by atoms with Gasteiger partial charge in [-0.3, -0.25) is 0 Å². The number of hydrogen-bond acceptors (Lipinski definition) is 7. The highest BCUT2D eigenvalue weighted by atomic mass is 16.5. The van der Waals surface area contributed by atoms with Crippen molar-refractivity contribution in [3.8, 4) is 17.6 Å². The molecule has 2 aromatic rings. The third-order valence-electron chi connectivity index (χ3n) is 2.83. The van der Waals surface area contributed by atoms with Gasteiger partial charge in [-0.25, -0.2) is 10.4 Å². The van der Waals surface area contributed by atoms with Crippen LogP contribution in [-0.2, 0) is 0 Å². The Morgan fingerprint density at radius 2 is 2.27 bits per heavy atom. The second-order valence-corrected chi connectivity index (χ2v) is 4.80. The van der Waals surface area contributed by atoms with Gasteiger partial charge < -0.3 is 14.3 Å². The number of anilines is 1. The van der Waals surface area contributed by atoms with Gasteiger partial charge in [0.1, 0.15) is 6.07 Å². The Kier molecular flexibility index (Phi) is 4.63. The fourth-order valence-corrected chi connectivity index (χ4v) is 1.68. The average molecular weight is 300 g/mol. The van der Waals surface area contributed by atoms with Crippen LogP contribution in [0.4, 0.5) is 5.88 Å². The number of aromatic nitrogens is 1. The van der Waals surface area contributed by atoms with E-state index in [1.807, 2.05) is 19.9 Å². The molecule has 0 amide bonds. The predicted octanol–water partition coefficient (Wildman–Crippen LogP) is 2.83. The van der Waals surface area contributed by atoms with Gasteiger partial charge in [0.25, 0.3) is 5.88 Å². The predicted molar refractivity (Wildman–Crippen MR) is 81.2 cm³/mol. The number of nitrogens with zero attached hydrogens (tertiary/aromatic N) is 3. The van der Waals surface area contributed by atoms with Crippen molar-refractivity contribution in [3.63, 3.8) is 0 Å². The van der Waals surface area contributed by atoms with E-state index in [0.29, 0.717) is 17.2 Å². The third-order valence-corrected chi connectivity index (χ3v) is 2.83. The minimum atomic E-state index is 0.0520. The van der Waals surface area contributed by atoms with Crippen LogP contribution in [0.15, 0.2) is 27.7 Å². The SMILES string of the molecule is COc1cc(/C=N/Nc2oc(C(C)C)nc2C#N)ccc1O. The van der Waals surface area contributed by atoms with Crippen molar-refractivity contribution in [2.24, 2.45) is 5.10 Å². The molecule has 0 fully saturated rings. The lowest BCUT2D eigenvalue weighted by Gasteiger charge is -2.03. The number of aromatic hydroxyl groups is 1. The van der Waals surface area contributed by atoms with Crippen LogP contribution >= 0.6 is 0 Å². The molecule has 0 aliphatic rings. The Bertz CT molecular complexity index is 729. The molecule has 0 saturated heterocycles. The molecule has 0 bridgehead atoms. The second kappa shape index (κ2) is 6.63. The van der Waals surface area contributed by atoms with E-state index in [4.69, 9.17) is 14.4 Å². The summed E-state index contributed by atoms with van der Waals surface area (Å²) < 4.78 is 10.5. The molecule has 2 rings (SSSR count). The quantitative estimate of drug-likeness (QED) is 0.650. The molecule has 1 aromatic heterocycles. The lowest BCUT2D eigenvalue weighted by molar-refractivity contribution is 0.373. The van der Waals surface area contributed by atoms with Crippen molar-refractivity contribution in [1.82, 2.24) is 4.98 Å². The zero-order valence-corrected chi connectivity index (χ0v) is 12.5. The van der Waals surface area contributed by atoms with E-state index < -0.39 is 0 Å². The monoisotopic (exact) mass is 300 g/mol. The van der Waals surface area contributed by atoms with Crippen molar-refractivity contribution in [2.75, 3.05) is 12.5 Å². The first-order chi connectivity index (χ1) is 10.5. The van der Waals surface area contributed by atoms with Gasteiger partial charge in [-0.15, -0.1) is 0 Å². The summed E-state index contributed by atoms with van der Waals surface area (Å²) in [6, 6.07) is 6.76. The van der Waals surface area contributed by atoms with Gasteiger partial charge in [0.2, 0.25) is 11.6 Å². The van der Waals surface area contributed by atoms with E-state index in [0.717, 1.165) is 0 Å². The number of rotatable bonds is 5. The Labute approximate surface area is 127 Å². The molecule has 22 heavy (non-hydrogen) atoms. The Balaban J connectivity index is 2.14. The minimum absolute atomic E-state index is 0.0520. The minimum Gasteiger partial charge on any atom is -0.504 e. The number of nitrogens with one attached hydrogen (secondary N) is 1. The van der Waals surface area contributed by atoms with E-state index >= 15 is 0 Å². The summed E-state index contributed by atoms with van der Waals surface area (Å²) in [5.41, 5.74) is 3.52. The summed E-state index contributed by atoms with van der Waals surface area (Å²) >= 11 is 0. The van der Waals surface area contributed by atoms with Gasteiger partial charge >= 0.3 is 0 Å². The molecule has 114 valence electrons. The topological polar surface area (TPSA) is 104 Å². The summed E-state index contributed by atoms with van der Waals surface area (Å²) in [6.45, 7) is 3.84. The number of hydrogen-bond donors (Lipinski definition) is 2. The maximum atomic E-state index is 9.52. The van der Waals surface area contributed by atoms with Crippen LogP contribution in [0.1, 0.15) is 36.9 Å². The van der Waals surface area contributed by atoms with Crippen molar-refractivity contribution >= 4 is 12.1 Å². The molecule has 0 aliphatic heterocycles. The van der Waals surface area contributed by atoms with Crippen LogP contribution in [0.5, 0.6) is 11.5 Å². The molecule has 7 heteroatoms. The van der Waals surface area contributed by atoms with Crippen molar-refractivity contribution in [2.45, 2.75) is 19.8 Å². The highest BCUT2D eigenvalue weighted by Gasteiger charge is 2.14. The first kappa shape index (κ1) is 15.4. The highest BCUT2D eigenvalue weighted by molar-refractivity contribution is 5.81. The fourth-order valence-electron chi connectivity index (χ4n) is 1.68. The molecular weight excluding hydrogens is 284 g/mol. The highest BCUT2D eigenvalue weighted by Crippen LogP contribution is 2.26. The standard InChI is InChI=1S/C15H16N4O3/c1-9(2)14-18-11(7-16)15(22-14)19-17-8-10-4-5-12(20)13(6-10)21-3/h4-6,8-9,19-20H,1-3H3/b17-8+. The van der Waals surface area contributed by atoms with Crippen LogP contribution in [0.2, 0.25) is 0 Å². The molecular formula is C15H16N4O3. The van der Waals surface area contributed by atoms with E-state index in [1.165, 1.54) is 19.4 Å². The Morgan fingerprint density at radius 3 is 2.91 bits per heavy atom. The smallest absolute Gasteiger partial charge is 0.252 e. The molecule has 2 N–H and O–H groups in total. The lowest BCUT2D eigenvalue weighted by Crippen LogP contribution is -1.92. The molecule has 0 unspecified atom stereocenters. The molecule has 0 spiro atoms. The summed E-state index contributed by atoms with van der Waals surface area (Å²) in [5, 5.41) is 22.5. The van der Waals surface area contributed by atoms with Crippen LogP contribution in [0, 0.1) is 11.3 Å². The van der Waals surface area contributed by atoms with Gasteiger partial charge in [-0.1, -0.05) is 13.8 Å². The third kappa shape index (κ3) is 3.35. The van der Waals surface area contributed by atoms with Gasteiger partial charge in [-0.2, -0.15) is 10.4 Å². The molecule has 7 nitrogen and oxygen atoms in total. The summed E-state index contributed by atoms with van der Waals surface area (Å²) in [7, 11) is 1.47. The van der Waals surface area contributed by atoms with E-state index in [2.05, 4.69) is 15.5 Å². The Morgan fingerprint density at radius 1 is 1.50 bits per heavy atom. The van der Waals surface area contributed by atoms with E-state index in [9.17, 15) is 5.11 Å². The molecule has 0 atom stereocenters. The number of methoxy groups -OCH3 is 1. The molecule has 0 saturated carbocycles. The van der Waals surface area contributed by atoms with Gasteiger partial charge in [0.05, 0.1) is 13.3 Å². The number of benzene rings is 1.